The highest BCUT2D eigenvalue weighted by Crippen LogP contribution is 2.29. The second kappa shape index (κ2) is 11.1. The van der Waals surface area contributed by atoms with Crippen LogP contribution in [0.4, 0.5) is 4.39 Å². The Morgan fingerprint density at radius 2 is 1.87 bits per heavy atom. The van der Waals surface area contributed by atoms with Gasteiger partial charge in [-0.2, -0.15) is 0 Å². The first-order valence-corrected chi connectivity index (χ1v) is 10.8. The quantitative estimate of drug-likeness (QED) is 0.570. The number of likely N-dealkylation sites (N-methyl/N-ethyl adjacent to an activating group) is 1. The summed E-state index contributed by atoms with van der Waals surface area (Å²) in [6, 6.07) is 11.2. The van der Waals surface area contributed by atoms with E-state index in [9.17, 15) is 14.0 Å². The molecule has 2 aromatic rings. The molecule has 0 aromatic heterocycles. The summed E-state index contributed by atoms with van der Waals surface area (Å²) in [5, 5.41) is 2.71. The van der Waals surface area contributed by atoms with Crippen molar-refractivity contribution in [1.82, 2.24) is 10.2 Å². The van der Waals surface area contributed by atoms with Crippen molar-refractivity contribution in [2.45, 2.75) is 46.2 Å². The zero-order valence-electron chi connectivity index (χ0n) is 17.7. The van der Waals surface area contributed by atoms with Crippen LogP contribution in [0.25, 0.3) is 0 Å². The highest BCUT2D eigenvalue weighted by molar-refractivity contribution is 9.10. The summed E-state index contributed by atoms with van der Waals surface area (Å²) in [5.41, 5.74) is 1.48. The Labute approximate surface area is 185 Å². The summed E-state index contributed by atoms with van der Waals surface area (Å²) < 4.78 is 20.6. The lowest BCUT2D eigenvalue weighted by atomic mass is 10.0. The number of benzene rings is 2. The first-order valence-electron chi connectivity index (χ1n) is 9.97. The van der Waals surface area contributed by atoms with Crippen molar-refractivity contribution in [2.24, 2.45) is 0 Å². The van der Waals surface area contributed by atoms with Crippen LogP contribution in [0, 0.1) is 5.82 Å². The minimum atomic E-state index is -0.771. The average molecular weight is 479 g/mol. The lowest BCUT2D eigenvalue weighted by Crippen LogP contribution is -2.49. The lowest BCUT2D eigenvalue weighted by Gasteiger charge is -2.28. The second-order valence-corrected chi connectivity index (χ2v) is 8.17. The molecule has 0 aliphatic heterocycles. The molecule has 1 N–H and O–H groups in total. The zero-order chi connectivity index (χ0) is 22.3. The summed E-state index contributed by atoms with van der Waals surface area (Å²) in [4.78, 5) is 26.6. The molecular formula is C23H28BrFN2O3. The number of rotatable bonds is 9. The van der Waals surface area contributed by atoms with Gasteiger partial charge in [0.1, 0.15) is 17.6 Å². The van der Waals surface area contributed by atoms with E-state index in [1.807, 2.05) is 12.1 Å². The van der Waals surface area contributed by atoms with E-state index >= 15 is 0 Å². The Bertz CT molecular complexity index is 889. The summed E-state index contributed by atoms with van der Waals surface area (Å²) in [6.07, 6.45) is 0. The minimum Gasteiger partial charge on any atom is -0.483 e. The van der Waals surface area contributed by atoms with Gasteiger partial charge >= 0.3 is 0 Å². The topological polar surface area (TPSA) is 58.6 Å². The van der Waals surface area contributed by atoms with Crippen molar-refractivity contribution in [1.29, 1.82) is 0 Å². The minimum absolute atomic E-state index is 0.0272. The molecule has 0 bridgehead atoms. The van der Waals surface area contributed by atoms with Gasteiger partial charge in [0.25, 0.3) is 5.91 Å². The number of hydrogen-bond donors (Lipinski definition) is 1. The van der Waals surface area contributed by atoms with Crippen LogP contribution >= 0.6 is 15.9 Å². The third kappa shape index (κ3) is 6.29. The summed E-state index contributed by atoms with van der Waals surface area (Å²) in [6.45, 7) is 7.76. The van der Waals surface area contributed by atoms with Gasteiger partial charge in [-0.15, -0.1) is 0 Å². The van der Waals surface area contributed by atoms with Crippen molar-refractivity contribution >= 4 is 27.7 Å². The second-order valence-electron chi connectivity index (χ2n) is 7.32. The number of hydrogen-bond acceptors (Lipinski definition) is 3. The average Bonchev–Trinajstić information content (AvgIpc) is 2.71. The predicted octanol–water partition coefficient (Wildman–Crippen LogP) is 4.64. The fourth-order valence-electron chi connectivity index (χ4n) is 2.93. The van der Waals surface area contributed by atoms with Crippen molar-refractivity contribution in [3.8, 4) is 5.75 Å². The Kier molecular flexibility index (Phi) is 8.84. The molecule has 0 fully saturated rings. The lowest BCUT2D eigenvalue weighted by molar-refractivity contribution is -0.142. The van der Waals surface area contributed by atoms with Crippen molar-refractivity contribution in [3.63, 3.8) is 0 Å². The third-order valence-corrected chi connectivity index (χ3v) is 5.41. The smallest absolute Gasteiger partial charge is 0.261 e. The van der Waals surface area contributed by atoms with Gasteiger partial charge in [-0.1, -0.05) is 38.1 Å². The Hall–Kier alpha value is -2.41. The van der Waals surface area contributed by atoms with Crippen LogP contribution in [0.1, 0.15) is 44.7 Å². The molecule has 0 saturated heterocycles. The fraction of sp³-hybridized carbons (Fsp3) is 0.391. The van der Waals surface area contributed by atoms with Crippen LogP contribution in [0.3, 0.4) is 0 Å². The molecule has 0 aliphatic carbocycles. The maximum Gasteiger partial charge on any atom is 0.261 e. The van der Waals surface area contributed by atoms with Gasteiger partial charge in [0, 0.05) is 18.7 Å². The Morgan fingerprint density at radius 1 is 1.17 bits per heavy atom. The van der Waals surface area contributed by atoms with Crippen LogP contribution in [0.5, 0.6) is 5.75 Å². The number of carbonyl (C=O) groups excluding carboxylic acids is 2. The number of carbonyl (C=O) groups is 2. The van der Waals surface area contributed by atoms with Gasteiger partial charge in [0.05, 0.1) is 4.47 Å². The number of amides is 2. The Morgan fingerprint density at radius 3 is 2.47 bits per heavy atom. The van der Waals surface area contributed by atoms with Crippen LogP contribution in [-0.2, 0) is 16.1 Å². The summed E-state index contributed by atoms with van der Waals surface area (Å²) in [5.74, 6) is -0.233. The van der Waals surface area contributed by atoms with Crippen LogP contribution in [-0.4, -0.2) is 35.9 Å². The van der Waals surface area contributed by atoms with Gasteiger partial charge in [-0.05, 0) is 59.5 Å². The molecule has 0 unspecified atom stereocenters. The number of nitrogens with zero attached hydrogens (tertiary/aromatic N) is 1. The molecule has 0 heterocycles. The SMILES string of the molecule is CCNC(=O)[C@H](C)N(Cc1ccccc1F)C(=O)COc1ccc(C(C)C)cc1Br. The highest BCUT2D eigenvalue weighted by Gasteiger charge is 2.27. The normalized spacial score (nSPS) is 11.8. The van der Waals surface area contributed by atoms with Crippen LogP contribution in [0.15, 0.2) is 46.9 Å². The predicted molar refractivity (Wildman–Crippen MR) is 119 cm³/mol. The molecular weight excluding hydrogens is 451 g/mol. The monoisotopic (exact) mass is 478 g/mol. The van der Waals surface area contributed by atoms with Gasteiger partial charge in [-0.25, -0.2) is 4.39 Å². The number of halogens is 2. The van der Waals surface area contributed by atoms with E-state index in [2.05, 4.69) is 35.1 Å². The van der Waals surface area contributed by atoms with E-state index < -0.39 is 17.8 Å². The molecule has 2 amide bonds. The first-order chi connectivity index (χ1) is 14.2. The van der Waals surface area contributed by atoms with E-state index in [1.165, 1.54) is 11.0 Å². The van der Waals surface area contributed by atoms with Crippen molar-refractivity contribution in [2.75, 3.05) is 13.2 Å². The number of ether oxygens (including phenoxy) is 1. The van der Waals surface area contributed by atoms with Crippen molar-refractivity contribution < 1.29 is 18.7 Å². The van der Waals surface area contributed by atoms with Crippen LogP contribution in [0.2, 0.25) is 0 Å². The van der Waals surface area contributed by atoms with E-state index in [4.69, 9.17) is 4.74 Å². The first kappa shape index (κ1) is 23.9. The molecule has 1 atom stereocenters. The molecule has 2 aromatic carbocycles. The summed E-state index contributed by atoms with van der Waals surface area (Å²) >= 11 is 3.48. The van der Waals surface area contributed by atoms with Gasteiger partial charge in [0.2, 0.25) is 5.91 Å². The third-order valence-electron chi connectivity index (χ3n) is 4.79. The molecule has 0 radical (unpaired) electrons. The van der Waals surface area contributed by atoms with Gasteiger partial charge in [-0.3, -0.25) is 9.59 Å². The van der Waals surface area contributed by atoms with Gasteiger partial charge < -0.3 is 15.0 Å². The molecule has 0 spiro atoms. The summed E-state index contributed by atoms with van der Waals surface area (Å²) in [7, 11) is 0. The van der Waals surface area contributed by atoms with E-state index in [1.54, 1.807) is 38.1 Å². The van der Waals surface area contributed by atoms with Crippen LogP contribution < -0.4 is 10.1 Å². The number of nitrogens with one attached hydrogen (secondary N) is 1. The molecule has 162 valence electrons. The standard InChI is InChI=1S/C23H28BrFN2O3/c1-5-26-23(29)16(4)27(13-18-8-6-7-9-20(18)25)22(28)14-30-21-11-10-17(15(2)3)12-19(21)24/h6-12,15-16H,5,13-14H2,1-4H3,(H,26,29)/t16-/m0/s1. The van der Waals surface area contributed by atoms with Crippen molar-refractivity contribution in [3.05, 3.63) is 63.9 Å². The maximum absolute atomic E-state index is 14.2. The molecule has 5 nitrogen and oxygen atoms in total. The highest BCUT2D eigenvalue weighted by atomic mass is 79.9. The Balaban J connectivity index is 2.17. The molecule has 0 saturated carbocycles. The molecule has 0 aliphatic rings. The van der Waals surface area contributed by atoms with E-state index in [0.29, 0.717) is 23.8 Å². The maximum atomic E-state index is 14.2. The zero-order valence-corrected chi connectivity index (χ0v) is 19.3. The molecule has 7 heteroatoms. The van der Waals surface area contributed by atoms with E-state index in [-0.39, 0.29) is 19.1 Å². The molecule has 30 heavy (non-hydrogen) atoms. The van der Waals surface area contributed by atoms with Gasteiger partial charge in [0.15, 0.2) is 6.61 Å². The molecule has 2 rings (SSSR count). The largest absolute Gasteiger partial charge is 0.483 e. The van der Waals surface area contributed by atoms with E-state index in [0.717, 1.165) is 10.0 Å². The fourth-order valence-corrected chi connectivity index (χ4v) is 3.44.